The predicted octanol–water partition coefficient (Wildman–Crippen LogP) is 5.62. The van der Waals surface area contributed by atoms with Gasteiger partial charge in [-0.25, -0.2) is 8.42 Å². The minimum Gasteiger partial charge on any atom is -0.350 e. The number of rotatable bonds is 10. The van der Waals surface area contributed by atoms with E-state index in [2.05, 4.69) is 36.2 Å². The van der Waals surface area contributed by atoms with Crippen LogP contribution in [0.1, 0.15) is 61.3 Å². The molecule has 202 valence electrons. The number of sulfonamides is 1. The van der Waals surface area contributed by atoms with Gasteiger partial charge in [0, 0.05) is 13.1 Å². The Balaban J connectivity index is 1.48. The fourth-order valence-corrected chi connectivity index (χ4v) is 6.20. The van der Waals surface area contributed by atoms with Crippen molar-refractivity contribution >= 4 is 21.6 Å². The molecular weight excluding hydrogens is 494 g/mol. The SMILES string of the molecule is Cc1ccc(S(=O)(=O)N(CC(=O)NCc2cccc(CN3CCCCC3)c2)c2ccc(C(C)C)cc2)cc1. The van der Waals surface area contributed by atoms with E-state index in [-0.39, 0.29) is 17.3 Å². The third-order valence-electron chi connectivity index (χ3n) is 7.08. The highest BCUT2D eigenvalue weighted by Gasteiger charge is 2.27. The summed E-state index contributed by atoms with van der Waals surface area (Å²) in [5, 5.41) is 2.93. The number of piperidine rings is 1. The summed E-state index contributed by atoms with van der Waals surface area (Å²) in [4.78, 5) is 15.7. The molecule has 7 heteroatoms. The van der Waals surface area contributed by atoms with Gasteiger partial charge in [0.05, 0.1) is 10.6 Å². The lowest BCUT2D eigenvalue weighted by atomic mass is 10.0. The van der Waals surface area contributed by atoms with Crippen LogP contribution in [0.5, 0.6) is 0 Å². The molecule has 1 saturated heterocycles. The number of likely N-dealkylation sites (tertiary alicyclic amines) is 1. The number of amides is 1. The fourth-order valence-electron chi connectivity index (χ4n) is 4.78. The van der Waals surface area contributed by atoms with Gasteiger partial charge in [0.1, 0.15) is 6.54 Å². The van der Waals surface area contributed by atoms with E-state index in [0.717, 1.165) is 36.3 Å². The lowest BCUT2D eigenvalue weighted by molar-refractivity contribution is -0.119. The molecule has 1 amide bonds. The highest BCUT2D eigenvalue weighted by atomic mass is 32.2. The first-order valence-corrected chi connectivity index (χ1v) is 14.9. The number of carbonyl (C=O) groups is 1. The van der Waals surface area contributed by atoms with Gasteiger partial charge in [0.2, 0.25) is 5.91 Å². The largest absolute Gasteiger partial charge is 0.350 e. The van der Waals surface area contributed by atoms with Crippen LogP contribution in [0.4, 0.5) is 5.69 Å². The fraction of sp³-hybridized carbons (Fsp3) is 0.387. The molecule has 1 fully saturated rings. The monoisotopic (exact) mass is 533 g/mol. The van der Waals surface area contributed by atoms with Gasteiger partial charge in [-0.1, -0.05) is 74.4 Å². The Hall–Kier alpha value is -3.16. The lowest BCUT2D eigenvalue weighted by Crippen LogP contribution is -2.40. The quantitative estimate of drug-likeness (QED) is 0.367. The van der Waals surface area contributed by atoms with Crippen LogP contribution in [0.2, 0.25) is 0 Å². The van der Waals surface area contributed by atoms with Crippen molar-refractivity contribution in [2.75, 3.05) is 23.9 Å². The van der Waals surface area contributed by atoms with Crippen molar-refractivity contribution in [3.63, 3.8) is 0 Å². The Morgan fingerprint density at radius 1 is 0.921 bits per heavy atom. The molecule has 1 aliphatic rings. The minimum absolute atomic E-state index is 0.161. The highest BCUT2D eigenvalue weighted by molar-refractivity contribution is 7.92. The molecule has 0 radical (unpaired) electrons. The summed E-state index contributed by atoms with van der Waals surface area (Å²) in [6.07, 6.45) is 3.80. The van der Waals surface area contributed by atoms with Crippen LogP contribution in [0.15, 0.2) is 77.7 Å². The zero-order chi connectivity index (χ0) is 27.1. The summed E-state index contributed by atoms with van der Waals surface area (Å²) in [5.41, 5.74) is 4.77. The van der Waals surface area contributed by atoms with Crippen molar-refractivity contribution in [2.45, 2.75) is 63.9 Å². The number of nitrogens with zero attached hydrogens (tertiary/aromatic N) is 2. The molecule has 0 aromatic heterocycles. The zero-order valence-corrected chi connectivity index (χ0v) is 23.5. The molecule has 0 aliphatic carbocycles. The van der Waals surface area contributed by atoms with Gasteiger partial charge in [-0.3, -0.25) is 14.0 Å². The molecule has 0 atom stereocenters. The van der Waals surface area contributed by atoms with E-state index in [1.165, 1.54) is 29.1 Å². The topological polar surface area (TPSA) is 69.7 Å². The Morgan fingerprint density at radius 2 is 1.58 bits per heavy atom. The number of aryl methyl sites for hydroxylation is 1. The third kappa shape index (κ3) is 7.23. The van der Waals surface area contributed by atoms with Gasteiger partial charge < -0.3 is 5.32 Å². The van der Waals surface area contributed by atoms with Crippen molar-refractivity contribution in [1.29, 1.82) is 0 Å². The van der Waals surface area contributed by atoms with E-state index in [0.29, 0.717) is 18.2 Å². The van der Waals surface area contributed by atoms with E-state index >= 15 is 0 Å². The predicted molar refractivity (Wildman–Crippen MR) is 154 cm³/mol. The van der Waals surface area contributed by atoms with Crippen LogP contribution in [0, 0.1) is 6.92 Å². The summed E-state index contributed by atoms with van der Waals surface area (Å²) >= 11 is 0. The Bertz CT molecular complexity index is 1310. The van der Waals surface area contributed by atoms with E-state index < -0.39 is 10.0 Å². The lowest BCUT2D eigenvalue weighted by Gasteiger charge is -2.26. The maximum Gasteiger partial charge on any atom is 0.264 e. The number of hydrogen-bond acceptors (Lipinski definition) is 4. The number of carbonyl (C=O) groups excluding carboxylic acids is 1. The summed E-state index contributed by atoms with van der Waals surface area (Å²) < 4.78 is 28.5. The molecular formula is C31H39N3O3S. The summed E-state index contributed by atoms with van der Waals surface area (Å²) in [7, 11) is -3.94. The van der Waals surface area contributed by atoms with Crippen molar-refractivity contribution in [1.82, 2.24) is 10.2 Å². The summed E-state index contributed by atoms with van der Waals surface area (Å²) in [6.45, 7) is 9.30. The van der Waals surface area contributed by atoms with E-state index in [1.807, 2.05) is 31.2 Å². The molecule has 0 unspecified atom stereocenters. The van der Waals surface area contributed by atoms with Gasteiger partial charge in [0.15, 0.2) is 0 Å². The van der Waals surface area contributed by atoms with Gasteiger partial charge in [-0.2, -0.15) is 0 Å². The number of anilines is 1. The van der Waals surface area contributed by atoms with Crippen molar-refractivity contribution < 1.29 is 13.2 Å². The van der Waals surface area contributed by atoms with E-state index in [1.54, 1.807) is 36.4 Å². The van der Waals surface area contributed by atoms with Crippen LogP contribution in [-0.4, -0.2) is 38.9 Å². The van der Waals surface area contributed by atoms with E-state index in [9.17, 15) is 13.2 Å². The Labute approximate surface area is 227 Å². The van der Waals surface area contributed by atoms with Crippen LogP contribution >= 0.6 is 0 Å². The average Bonchev–Trinajstić information content (AvgIpc) is 2.91. The van der Waals surface area contributed by atoms with Crippen molar-refractivity contribution in [2.24, 2.45) is 0 Å². The van der Waals surface area contributed by atoms with Gasteiger partial charge in [0.25, 0.3) is 10.0 Å². The molecule has 0 bridgehead atoms. The van der Waals surface area contributed by atoms with Crippen LogP contribution in [-0.2, 0) is 27.9 Å². The molecule has 6 nitrogen and oxygen atoms in total. The van der Waals surface area contributed by atoms with E-state index in [4.69, 9.17) is 0 Å². The molecule has 1 heterocycles. The van der Waals surface area contributed by atoms with Crippen LogP contribution < -0.4 is 9.62 Å². The molecule has 38 heavy (non-hydrogen) atoms. The second kappa shape index (κ2) is 12.6. The molecule has 0 spiro atoms. The second-order valence-corrected chi connectivity index (χ2v) is 12.4. The Morgan fingerprint density at radius 3 is 2.24 bits per heavy atom. The molecule has 1 aliphatic heterocycles. The molecule has 0 saturated carbocycles. The van der Waals surface area contributed by atoms with Crippen molar-refractivity contribution in [3.8, 4) is 0 Å². The molecule has 3 aromatic carbocycles. The first-order chi connectivity index (χ1) is 18.2. The number of benzene rings is 3. The maximum atomic E-state index is 13.6. The van der Waals surface area contributed by atoms with Crippen LogP contribution in [0.25, 0.3) is 0 Å². The molecule has 1 N–H and O–H groups in total. The standard InChI is InChI=1S/C31H39N3O3S/c1-24(2)28-12-14-29(15-13-28)34(38(36,37)30-16-10-25(3)11-17-30)23-31(35)32-21-26-8-7-9-27(20-26)22-33-18-5-4-6-19-33/h7-17,20,24H,4-6,18-19,21-23H2,1-3H3,(H,32,35). The number of nitrogens with one attached hydrogen (secondary N) is 1. The average molecular weight is 534 g/mol. The van der Waals surface area contributed by atoms with Crippen LogP contribution in [0.3, 0.4) is 0 Å². The Kier molecular flexibility index (Phi) is 9.23. The number of hydrogen-bond donors (Lipinski definition) is 1. The summed E-state index contributed by atoms with van der Waals surface area (Å²) in [5.74, 6) is -0.0322. The van der Waals surface area contributed by atoms with Gasteiger partial charge in [-0.15, -0.1) is 0 Å². The minimum atomic E-state index is -3.94. The smallest absolute Gasteiger partial charge is 0.264 e. The van der Waals surface area contributed by atoms with Gasteiger partial charge >= 0.3 is 0 Å². The van der Waals surface area contributed by atoms with Gasteiger partial charge in [-0.05, 0) is 79.7 Å². The zero-order valence-electron chi connectivity index (χ0n) is 22.7. The first kappa shape index (κ1) is 27.9. The third-order valence-corrected chi connectivity index (χ3v) is 8.87. The highest BCUT2D eigenvalue weighted by Crippen LogP contribution is 2.26. The molecule has 3 aromatic rings. The molecule has 4 rings (SSSR count). The van der Waals surface area contributed by atoms with Crippen molar-refractivity contribution in [3.05, 3.63) is 95.1 Å². The second-order valence-electron chi connectivity index (χ2n) is 10.5. The normalized spacial score (nSPS) is 14.4. The maximum absolute atomic E-state index is 13.6. The summed E-state index contributed by atoms with van der Waals surface area (Å²) in [6, 6.07) is 22.4. The first-order valence-electron chi connectivity index (χ1n) is 13.5.